The zero-order chi connectivity index (χ0) is 13.1. The van der Waals surface area contributed by atoms with Crippen molar-refractivity contribution in [3.05, 3.63) is 17.6 Å². The minimum atomic E-state index is 0.137. The fourth-order valence-electron chi connectivity index (χ4n) is 1.90. The second-order valence-electron chi connectivity index (χ2n) is 5.02. The summed E-state index contributed by atoms with van der Waals surface area (Å²) in [6, 6.07) is 1.93. The number of aromatic nitrogens is 2. The quantitative estimate of drug-likeness (QED) is 0.871. The minimum absolute atomic E-state index is 0.137. The number of hydrogen-bond donors (Lipinski definition) is 1. The number of rotatable bonds is 4. The van der Waals surface area contributed by atoms with Gasteiger partial charge in [-0.3, -0.25) is 4.79 Å². The van der Waals surface area contributed by atoms with Gasteiger partial charge in [-0.2, -0.15) is 0 Å². The molecule has 1 aliphatic carbocycles. The number of carbonyl (C=O) groups excluding carboxylic acids is 1. The first-order chi connectivity index (χ1) is 8.56. The lowest BCUT2D eigenvalue weighted by Crippen LogP contribution is -2.34. The molecule has 0 spiro atoms. The van der Waals surface area contributed by atoms with Crippen molar-refractivity contribution in [3.63, 3.8) is 0 Å². The molecule has 1 N–H and O–H groups in total. The van der Waals surface area contributed by atoms with E-state index < -0.39 is 0 Å². The van der Waals surface area contributed by atoms with Crippen LogP contribution in [0.3, 0.4) is 0 Å². The highest BCUT2D eigenvalue weighted by Crippen LogP contribution is 2.26. The Morgan fingerprint density at radius 1 is 1.44 bits per heavy atom. The monoisotopic (exact) mass is 248 g/mol. The molecule has 0 saturated heterocycles. The molecule has 0 radical (unpaired) electrons. The highest BCUT2D eigenvalue weighted by atomic mass is 16.1. The van der Waals surface area contributed by atoms with E-state index in [9.17, 15) is 4.79 Å². The minimum Gasteiger partial charge on any atom is -0.363 e. The van der Waals surface area contributed by atoms with Crippen LogP contribution in [0.5, 0.6) is 0 Å². The lowest BCUT2D eigenvalue weighted by Gasteiger charge is -2.23. The van der Waals surface area contributed by atoms with Crippen molar-refractivity contribution >= 4 is 11.7 Å². The van der Waals surface area contributed by atoms with Crippen LogP contribution in [0.25, 0.3) is 0 Å². The largest absolute Gasteiger partial charge is 0.363 e. The van der Waals surface area contributed by atoms with E-state index in [-0.39, 0.29) is 11.8 Å². The summed E-state index contributed by atoms with van der Waals surface area (Å²) in [5, 5.41) is 2.91. The first-order valence-electron chi connectivity index (χ1n) is 6.36. The molecule has 2 rings (SSSR count). The highest BCUT2D eigenvalue weighted by Gasteiger charge is 2.24. The van der Waals surface area contributed by atoms with Crippen molar-refractivity contribution in [1.82, 2.24) is 15.3 Å². The lowest BCUT2D eigenvalue weighted by atomic mass is 9.85. The molecule has 5 heteroatoms. The Morgan fingerprint density at radius 2 is 2.17 bits per heavy atom. The molecule has 5 nitrogen and oxygen atoms in total. The van der Waals surface area contributed by atoms with Gasteiger partial charge in [0.2, 0.25) is 5.91 Å². The van der Waals surface area contributed by atoms with Gasteiger partial charge in [-0.25, -0.2) is 9.97 Å². The molecule has 1 aliphatic rings. The first kappa shape index (κ1) is 12.8. The van der Waals surface area contributed by atoms with E-state index in [0.29, 0.717) is 12.4 Å². The number of hydrogen-bond acceptors (Lipinski definition) is 4. The maximum absolute atomic E-state index is 11.7. The summed E-state index contributed by atoms with van der Waals surface area (Å²) in [6.45, 7) is 2.35. The molecule has 0 atom stereocenters. The predicted octanol–water partition coefficient (Wildman–Crippen LogP) is 1.27. The molecule has 1 saturated carbocycles. The molecule has 1 aromatic rings. The Labute approximate surface area is 108 Å². The number of anilines is 1. The number of nitrogens with one attached hydrogen (secondary N) is 1. The van der Waals surface area contributed by atoms with E-state index in [1.165, 1.54) is 6.42 Å². The highest BCUT2D eigenvalue weighted by molar-refractivity contribution is 5.79. The van der Waals surface area contributed by atoms with Gasteiger partial charge in [0.25, 0.3) is 0 Å². The van der Waals surface area contributed by atoms with Crippen molar-refractivity contribution in [2.75, 3.05) is 19.0 Å². The summed E-state index contributed by atoms with van der Waals surface area (Å²) >= 11 is 0. The number of nitrogens with zero attached hydrogens (tertiary/aromatic N) is 3. The van der Waals surface area contributed by atoms with Crippen LogP contribution >= 0.6 is 0 Å². The van der Waals surface area contributed by atoms with Crippen LogP contribution in [0, 0.1) is 12.8 Å². The molecule has 1 fully saturated rings. The fourth-order valence-corrected chi connectivity index (χ4v) is 1.90. The third kappa shape index (κ3) is 2.97. The molecule has 18 heavy (non-hydrogen) atoms. The average Bonchev–Trinajstić information content (AvgIpc) is 2.23. The van der Waals surface area contributed by atoms with Gasteiger partial charge in [-0.1, -0.05) is 6.42 Å². The summed E-state index contributed by atoms with van der Waals surface area (Å²) in [6.07, 6.45) is 3.21. The summed E-state index contributed by atoms with van der Waals surface area (Å²) in [4.78, 5) is 22.4. The van der Waals surface area contributed by atoms with E-state index in [0.717, 1.165) is 24.4 Å². The van der Waals surface area contributed by atoms with Crippen molar-refractivity contribution in [3.8, 4) is 0 Å². The van der Waals surface area contributed by atoms with E-state index in [2.05, 4.69) is 15.3 Å². The zero-order valence-electron chi connectivity index (χ0n) is 11.2. The lowest BCUT2D eigenvalue weighted by molar-refractivity contribution is -0.127. The molecule has 0 aromatic carbocycles. The molecule has 98 valence electrons. The second kappa shape index (κ2) is 5.33. The van der Waals surface area contributed by atoms with Crippen LogP contribution < -0.4 is 10.2 Å². The molecule has 1 amide bonds. The molecule has 0 unspecified atom stereocenters. The molecular formula is C13H20N4O. The topological polar surface area (TPSA) is 58.1 Å². The Bertz CT molecular complexity index is 441. The normalized spacial score (nSPS) is 15.1. The number of carbonyl (C=O) groups is 1. The van der Waals surface area contributed by atoms with E-state index >= 15 is 0 Å². The van der Waals surface area contributed by atoms with Crippen LogP contribution in [0.2, 0.25) is 0 Å². The number of amides is 1. The van der Waals surface area contributed by atoms with Crippen LogP contribution in [0.15, 0.2) is 6.07 Å². The van der Waals surface area contributed by atoms with Crippen LogP contribution in [-0.4, -0.2) is 30.0 Å². The van der Waals surface area contributed by atoms with Gasteiger partial charge >= 0.3 is 0 Å². The maximum Gasteiger partial charge on any atom is 0.223 e. The van der Waals surface area contributed by atoms with Crippen LogP contribution in [0.1, 0.15) is 30.8 Å². The third-order valence-electron chi connectivity index (χ3n) is 3.24. The van der Waals surface area contributed by atoms with E-state index in [4.69, 9.17) is 0 Å². The number of aryl methyl sites for hydroxylation is 1. The maximum atomic E-state index is 11.7. The predicted molar refractivity (Wildman–Crippen MR) is 70.3 cm³/mol. The SMILES string of the molecule is Cc1cc(N(C)C)nc(CNC(=O)C2CCC2)n1. The zero-order valence-corrected chi connectivity index (χ0v) is 11.2. The van der Waals surface area contributed by atoms with Gasteiger partial charge in [0.05, 0.1) is 6.54 Å². The van der Waals surface area contributed by atoms with Crippen molar-refractivity contribution in [2.24, 2.45) is 5.92 Å². The Hall–Kier alpha value is -1.65. The smallest absolute Gasteiger partial charge is 0.223 e. The molecule has 1 aromatic heterocycles. The molecular weight excluding hydrogens is 228 g/mol. The summed E-state index contributed by atoms with van der Waals surface area (Å²) < 4.78 is 0. The Kier molecular flexibility index (Phi) is 3.79. The summed E-state index contributed by atoms with van der Waals surface area (Å²) in [5.41, 5.74) is 0.918. The summed E-state index contributed by atoms with van der Waals surface area (Å²) in [5.74, 6) is 1.89. The van der Waals surface area contributed by atoms with Crippen molar-refractivity contribution in [2.45, 2.75) is 32.7 Å². The summed E-state index contributed by atoms with van der Waals surface area (Å²) in [7, 11) is 3.89. The van der Waals surface area contributed by atoms with Crippen LogP contribution in [-0.2, 0) is 11.3 Å². The van der Waals surface area contributed by atoms with E-state index in [1.54, 1.807) is 0 Å². The Morgan fingerprint density at radius 3 is 2.72 bits per heavy atom. The Balaban J connectivity index is 1.97. The van der Waals surface area contributed by atoms with Crippen molar-refractivity contribution in [1.29, 1.82) is 0 Å². The molecule has 0 aliphatic heterocycles. The van der Waals surface area contributed by atoms with Gasteiger partial charge in [0, 0.05) is 31.8 Å². The van der Waals surface area contributed by atoms with Crippen LogP contribution in [0.4, 0.5) is 5.82 Å². The van der Waals surface area contributed by atoms with Gasteiger partial charge in [0.15, 0.2) is 0 Å². The second-order valence-corrected chi connectivity index (χ2v) is 5.02. The molecule has 1 heterocycles. The third-order valence-corrected chi connectivity index (χ3v) is 3.24. The van der Waals surface area contributed by atoms with Gasteiger partial charge in [-0.15, -0.1) is 0 Å². The molecule has 0 bridgehead atoms. The van der Waals surface area contributed by atoms with Crippen molar-refractivity contribution < 1.29 is 4.79 Å². The van der Waals surface area contributed by atoms with E-state index in [1.807, 2.05) is 32.0 Å². The average molecular weight is 248 g/mol. The van der Waals surface area contributed by atoms with Gasteiger partial charge in [0.1, 0.15) is 11.6 Å². The van der Waals surface area contributed by atoms with Gasteiger partial charge < -0.3 is 10.2 Å². The fraction of sp³-hybridized carbons (Fsp3) is 0.615. The first-order valence-corrected chi connectivity index (χ1v) is 6.36. The standard InChI is InChI=1S/C13H20N4O/c1-9-7-12(17(2)3)16-11(15-9)8-14-13(18)10-5-4-6-10/h7,10H,4-6,8H2,1-3H3,(H,14,18). The van der Waals surface area contributed by atoms with Gasteiger partial charge in [-0.05, 0) is 19.8 Å².